The molecule has 2 rings (SSSR count). The average Bonchev–Trinajstić information content (AvgIpc) is 2.52. The van der Waals surface area contributed by atoms with Crippen LogP contribution >= 0.6 is 23.4 Å². The maximum Gasteiger partial charge on any atom is 0.283 e. The molecule has 0 heterocycles. The molecule has 0 aliphatic rings. The van der Waals surface area contributed by atoms with Crippen molar-refractivity contribution in [2.75, 3.05) is 6.26 Å². The molecule has 0 unspecified atom stereocenters. The molecule has 0 saturated heterocycles. The van der Waals surface area contributed by atoms with Crippen LogP contribution in [0.4, 0.5) is 5.69 Å². The number of amides is 1. The first kappa shape index (κ1) is 16.3. The van der Waals surface area contributed by atoms with Gasteiger partial charge in [-0.1, -0.05) is 23.7 Å². The highest BCUT2D eigenvalue weighted by atomic mass is 35.5. The van der Waals surface area contributed by atoms with Gasteiger partial charge in [0.1, 0.15) is 0 Å². The number of hydrogen-bond acceptors (Lipinski definition) is 4. The van der Waals surface area contributed by atoms with Crippen molar-refractivity contribution < 1.29 is 9.72 Å². The molecule has 0 aliphatic heterocycles. The SMILES string of the molecule is CSc1ccc(C(=O)NCc2cccc(Cl)c2)cc1[N+](=O)[O-]. The molecule has 0 aliphatic carbocycles. The lowest BCUT2D eigenvalue weighted by atomic mass is 10.1. The summed E-state index contributed by atoms with van der Waals surface area (Å²) in [5.74, 6) is -0.365. The van der Waals surface area contributed by atoms with Gasteiger partial charge in [-0.3, -0.25) is 14.9 Å². The lowest BCUT2D eigenvalue weighted by molar-refractivity contribution is -0.387. The summed E-state index contributed by atoms with van der Waals surface area (Å²) in [6, 6.07) is 11.6. The van der Waals surface area contributed by atoms with Crippen molar-refractivity contribution in [1.82, 2.24) is 5.32 Å². The van der Waals surface area contributed by atoms with E-state index in [9.17, 15) is 14.9 Å². The minimum atomic E-state index is -0.487. The summed E-state index contributed by atoms with van der Waals surface area (Å²) >= 11 is 7.14. The summed E-state index contributed by atoms with van der Waals surface area (Å²) in [6.07, 6.45) is 1.75. The molecular formula is C15H13ClN2O3S. The molecule has 0 saturated carbocycles. The third-order valence-electron chi connectivity index (χ3n) is 2.98. The number of benzene rings is 2. The Labute approximate surface area is 136 Å². The van der Waals surface area contributed by atoms with Gasteiger partial charge < -0.3 is 5.32 Å². The van der Waals surface area contributed by atoms with Gasteiger partial charge >= 0.3 is 0 Å². The van der Waals surface area contributed by atoms with Gasteiger partial charge in [-0.2, -0.15) is 0 Å². The zero-order chi connectivity index (χ0) is 16.1. The van der Waals surface area contributed by atoms with Crippen LogP contribution in [0.5, 0.6) is 0 Å². The molecule has 0 atom stereocenters. The highest BCUT2D eigenvalue weighted by Gasteiger charge is 2.16. The van der Waals surface area contributed by atoms with E-state index in [0.717, 1.165) is 5.56 Å². The van der Waals surface area contributed by atoms with E-state index >= 15 is 0 Å². The summed E-state index contributed by atoms with van der Waals surface area (Å²) in [7, 11) is 0. The van der Waals surface area contributed by atoms with Gasteiger partial charge in [0.25, 0.3) is 11.6 Å². The Morgan fingerprint density at radius 3 is 2.73 bits per heavy atom. The van der Waals surface area contributed by atoms with E-state index < -0.39 is 4.92 Å². The second kappa shape index (κ2) is 7.29. The predicted molar refractivity (Wildman–Crippen MR) is 87.5 cm³/mol. The number of halogens is 1. The zero-order valence-electron chi connectivity index (χ0n) is 11.7. The Hall–Kier alpha value is -2.05. The van der Waals surface area contributed by atoms with Gasteiger partial charge in [0.05, 0.1) is 9.82 Å². The van der Waals surface area contributed by atoms with E-state index in [1.807, 2.05) is 6.07 Å². The number of nitro benzene ring substituents is 1. The normalized spacial score (nSPS) is 10.3. The Bertz CT molecular complexity index is 722. The Kier molecular flexibility index (Phi) is 5.41. The number of carbonyl (C=O) groups excluding carboxylic acids is 1. The summed E-state index contributed by atoms with van der Waals surface area (Å²) in [5, 5.41) is 14.3. The highest BCUT2D eigenvalue weighted by molar-refractivity contribution is 7.98. The van der Waals surface area contributed by atoms with Gasteiger partial charge in [-0.15, -0.1) is 11.8 Å². The molecule has 0 spiro atoms. The van der Waals surface area contributed by atoms with Crippen LogP contribution in [0, 0.1) is 10.1 Å². The fourth-order valence-corrected chi connectivity index (χ4v) is 2.66. The summed E-state index contributed by atoms with van der Waals surface area (Å²) in [5.41, 5.74) is 1.05. The van der Waals surface area contributed by atoms with Gasteiger partial charge in [0, 0.05) is 23.2 Å². The van der Waals surface area contributed by atoms with Crippen molar-refractivity contribution in [1.29, 1.82) is 0 Å². The topological polar surface area (TPSA) is 72.2 Å². The van der Waals surface area contributed by atoms with E-state index in [0.29, 0.717) is 16.5 Å². The minimum Gasteiger partial charge on any atom is -0.348 e. The van der Waals surface area contributed by atoms with Gasteiger partial charge in [-0.05, 0) is 36.1 Å². The van der Waals surface area contributed by atoms with Crippen molar-refractivity contribution in [3.05, 3.63) is 68.7 Å². The van der Waals surface area contributed by atoms with Crippen molar-refractivity contribution in [2.45, 2.75) is 11.4 Å². The van der Waals surface area contributed by atoms with E-state index in [2.05, 4.69) is 5.32 Å². The zero-order valence-corrected chi connectivity index (χ0v) is 13.3. The summed E-state index contributed by atoms with van der Waals surface area (Å²) in [6.45, 7) is 0.303. The standard InChI is InChI=1S/C15H13ClN2O3S/c1-22-14-6-5-11(8-13(14)18(20)21)15(19)17-9-10-3-2-4-12(16)7-10/h2-8H,9H2,1H3,(H,17,19). The predicted octanol–water partition coefficient (Wildman–Crippen LogP) is 3.90. The Balaban J connectivity index is 2.12. The number of hydrogen-bond donors (Lipinski definition) is 1. The molecule has 114 valence electrons. The maximum absolute atomic E-state index is 12.1. The fourth-order valence-electron chi connectivity index (χ4n) is 1.91. The molecule has 0 bridgehead atoms. The quantitative estimate of drug-likeness (QED) is 0.510. The van der Waals surface area contributed by atoms with E-state index in [1.165, 1.54) is 17.8 Å². The smallest absolute Gasteiger partial charge is 0.283 e. The molecule has 7 heteroatoms. The van der Waals surface area contributed by atoms with E-state index in [-0.39, 0.29) is 17.2 Å². The molecule has 0 radical (unpaired) electrons. The van der Waals surface area contributed by atoms with Crippen molar-refractivity contribution in [3.8, 4) is 0 Å². The molecule has 1 N–H and O–H groups in total. The Morgan fingerprint density at radius 2 is 2.09 bits per heavy atom. The second-order valence-corrected chi connectivity index (χ2v) is 5.74. The number of nitro groups is 1. The number of rotatable bonds is 5. The van der Waals surface area contributed by atoms with Crippen LogP contribution in [-0.2, 0) is 6.54 Å². The van der Waals surface area contributed by atoms with Crippen molar-refractivity contribution >= 4 is 35.0 Å². The lowest BCUT2D eigenvalue weighted by Crippen LogP contribution is -2.22. The van der Waals surface area contributed by atoms with Gasteiger partial charge in [0.15, 0.2) is 0 Å². The first-order valence-corrected chi connectivity index (χ1v) is 7.96. The third-order valence-corrected chi connectivity index (χ3v) is 4.00. The molecular weight excluding hydrogens is 324 g/mol. The summed E-state index contributed by atoms with van der Waals surface area (Å²) < 4.78 is 0. The number of carbonyl (C=O) groups is 1. The van der Waals surface area contributed by atoms with Crippen LogP contribution in [0.1, 0.15) is 15.9 Å². The lowest BCUT2D eigenvalue weighted by Gasteiger charge is -2.07. The van der Waals surface area contributed by atoms with E-state index in [4.69, 9.17) is 11.6 Å². The molecule has 1 amide bonds. The van der Waals surface area contributed by atoms with E-state index in [1.54, 1.807) is 36.6 Å². The molecule has 0 fully saturated rings. The number of thioether (sulfide) groups is 1. The maximum atomic E-state index is 12.1. The first-order chi connectivity index (χ1) is 10.5. The average molecular weight is 337 g/mol. The van der Waals surface area contributed by atoms with Crippen LogP contribution in [0.25, 0.3) is 0 Å². The minimum absolute atomic E-state index is 0.0668. The van der Waals surface area contributed by atoms with Crippen molar-refractivity contribution in [3.63, 3.8) is 0 Å². The van der Waals surface area contributed by atoms with Crippen molar-refractivity contribution in [2.24, 2.45) is 0 Å². The van der Waals surface area contributed by atoms with Gasteiger partial charge in [0.2, 0.25) is 0 Å². The first-order valence-electron chi connectivity index (χ1n) is 6.36. The van der Waals surface area contributed by atoms with Crippen LogP contribution in [-0.4, -0.2) is 17.1 Å². The highest BCUT2D eigenvalue weighted by Crippen LogP contribution is 2.28. The monoisotopic (exact) mass is 336 g/mol. The molecule has 5 nitrogen and oxygen atoms in total. The molecule has 22 heavy (non-hydrogen) atoms. The van der Waals surface area contributed by atoms with Gasteiger partial charge in [-0.25, -0.2) is 0 Å². The van der Waals surface area contributed by atoms with Crippen LogP contribution in [0.15, 0.2) is 47.4 Å². The molecule has 2 aromatic rings. The molecule has 0 aromatic heterocycles. The third kappa shape index (κ3) is 3.99. The molecule has 2 aromatic carbocycles. The largest absolute Gasteiger partial charge is 0.348 e. The fraction of sp³-hybridized carbons (Fsp3) is 0.133. The Morgan fingerprint density at radius 1 is 1.32 bits per heavy atom. The van der Waals surface area contributed by atoms with Crippen LogP contribution in [0.2, 0.25) is 5.02 Å². The number of nitrogens with one attached hydrogen (secondary N) is 1. The summed E-state index contributed by atoms with van der Waals surface area (Å²) in [4.78, 5) is 23.2. The van der Waals surface area contributed by atoms with Crippen LogP contribution < -0.4 is 5.32 Å². The second-order valence-electron chi connectivity index (χ2n) is 4.46. The number of nitrogens with zero attached hydrogens (tertiary/aromatic N) is 1. The van der Waals surface area contributed by atoms with Crippen LogP contribution in [0.3, 0.4) is 0 Å².